The molecule has 0 aliphatic heterocycles. The Labute approximate surface area is 366 Å². The highest BCUT2D eigenvalue weighted by molar-refractivity contribution is 6.13. The molecule has 6 heteroatoms. The zero-order chi connectivity index (χ0) is 42.0. The summed E-state index contributed by atoms with van der Waals surface area (Å²) >= 11 is 0. The lowest BCUT2D eigenvalue weighted by Crippen LogP contribution is -2.12. The van der Waals surface area contributed by atoms with Crippen LogP contribution in [0.15, 0.2) is 243 Å². The molecule has 0 N–H and O–H groups in total. The van der Waals surface area contributed by atoms with E-state index in [0.717, 1.165) is 78.2 Å². The van der Waals surface area contributed by atoms with Crippen LogP contribution in [0.25, 0.3) is 61.7 Å². The van der Waals surface area contributed by atoms with Crippen molar-refractivity contribution in [2.75, 3.05) is 9.80 Å². The molecule has 0 amide bonds. The SMILES string of the molecule is c1ccc(-c2nc(-c3ccccc3)nc(-n3c4ccccc4c4cccc(-c5ccc(N(c6ccccc6)c6ccc(N(c7ccccc7)c7ccccc7)cc6)cc5)c43)n2)cc1. The minimum Gasteiger partial charge on any atom is -0.311 e. The zero-order valence-corrected chi connectivity index (χ0v) is 34.3. The van der Waals surface area contributed by atoms with Gasteiger partial charge < -0.3 is 9.80 Å². The number of rotatable bonds is 10. The Kier molecular flexibility index (Phi) is 9.76. The molecule has 0 bridgehead atoms. The molecular weight excluding hydrogens is 769 g/mol. The lowest BCUT2D eigenvalue weighted by molar-refractivity contribution is 0.954. The average molecular weight is 809 g/mol. The molecule has 2 heterocycles. The molecule has 0 radical (unpaired) electrons. The second kappa shape index (κ2) is 16.4. The molecule has 11 rings (SSSR count). The molecule has 298 valence electrons. The van der Waals surface area contributed by atoms with Gasteiger partial charge in [0, 0.05) is 61.6 Å². The number of anilines is 6. The highest BCUT2D eigenvalue weighted by atomic mass is 15.2. The molecule has 0 atom stereocenters. The van der Waals surface area contributed by atoms with E-state index in [1.165, 1.54) is 0 Å². The molecule has 0 spiro atoms. The Morgan fingerprint density at radius 3 is 1.14 bits per heavy atom. The Morgan fingerprint density at radius 1 is 0.286 bits per heavy atom. The van der Waals surface area contributed by atoms with Crippen molar-refractivity contribution in [3.8, 4) is 39.9 Å². The van der Waals surface area contributed by atoms with Crippen LogP contribution in [0.2, 0.25) is 0 Å². The zero-order valence-electron chi connectivity index (χ0n) is 34.3. The summed E-state index contributed by atoms with van der Waals surface area (Å²) in [6, 6.07) is 84.6. The molecule has 6 nitrogen and oxygen atoms in total. The second-order valence-electron chi connectivity index (χ2n) is 15.3. The molecule has 0 unspecified atom stereocenters. The predicted octanol–water partition coefficient (Wildman–Crippen LogP) is 14.9. The molecule has 0 aliphatic carbocycles. The van der Waals surface area contributed by atoms with Crippen LogP contribution in [0.3, 0.4) is 0 Å². The third-order valence-corrected chi connectivity index (χ3v) is 11.4. The van der Waals surface area contributed by atoms with Crippen LogP contribution in [0.1, 0.15) is 0 Å². The fourth-order valence-corrected chi connectivity index (χ4v) is 8.52. The number of hydrogen-bond acceptors (Lipinski definition) is 5. The third-order valence-electron chi connectivity index (χ3n) is 11.4. The Hall–Kier alpha value is -8.61. The molecule has 63 heavy (non-hydrogen) atoms. The maximum absolute atomic E-state index is 5.19. The summed E-state index contributed by atoms with van der Waals surface area (Å²) in [5.41, 5.74) is 12.5. The highest BCUT2D eigenvalue weighted by Crippen LogP contribution is 2.42. The van der Waals surface area contributed by atoms with E-state index >= 15 is 0 Å². The van der Waals surface area contributed by atoms with Crippen LogP contribution in [-0.2, 0) is 0 Å². The number of aromatic nitrogens is 4. The van der Waals surface area contributed by atoms with Gasteiger partial charge in [0.15, 0.2) is 11.6 Å². The van der Waals surface area contributed by atoms with E-state index in [1.807, 2.05) is 60.7 Å². The van der Waals surface area contributed by atoms with Crippen LogP contribution < -0.4 is 9.80 Å². The molecule has 9 aromatic carbocycles. The van der Waals surface area contributed by atoms with E-state index in [-0.39, 0.29) is 0 Å². The molecule has 0 saturated heterocycles. The highest BCUT2D eigenvalue weighted by Gasteiger charge is 2.21. The number of hydrogen-bond donors (Lipinski definition) is 0. The van der Waals surface area contributed by atoms with Crippen molar-refractivity contribution in [1.29, 1.82) is 0 Å². The summed E-state index contributed by atoms with van der Waals surface area (Å²) in [6.07, 6.45) is 0. The van der Waals surface area contributed by atoms with Gasteiger partial charge in [0.05, 0.1) is 11.0 Å². The molecular formula is C57H40N6. The lowest BCUT2D eigenvalue weighted by atomic mass is 10.0. The fraction of sp³-hybridized carbons (Fsp3) is 0. The van der Waals surface area contributed by atoms with Crippen LogP contribution in [0.5, 0.6) is 0 Å². The minimum atomic E-state index is 0.565. The lowest BCUT2D eigenvalue weighted by Gasteiger charge is -2.28. The van der Waals surface area contributed by atoms with Crippen molar-refractivity contribution in [1.82, 2.24) is 19.5 Å². The molecule has 0 saturated carbocycles. The van der Waals surface area contributed by atoms with Crippen LogP contribution in [0, 0.1) is 0 Å². The van der Waals surface area contributed by atoms with Gasteiger partial charge in [-0.3, -0.25) is 4.57 Å². The smallest absolute Gasteiger partial charge is 0.238 e. The van der Waals surface area contributed by atoms with Crippen molar-refractivity contribution in [3.05, 3.63) is 243 Å². The van der Waals surface area contributed by atoms with E-state index in [9.17, 15) is 0 Å². The Bertz CT molecular complexity index is 3200. The van der Waals surface area contributed by atoms with Crippen molar-refractivity contribution in [3.63, 3.8) is 0 Å². The number of nitrogens with zero attached hydrogens (tertiary/aromatic N) is 6. The Morgan fingerprint density at radius 2 is 0.667 bits per heavy atom. The minimum absolute atomic E-state index is 0.565. The van der Waals surface area contributed by atoms with Gasteiger partial charge in [0.2, 0.25) is 5.95 Å². The molecule has 0 fully saturated rings. The van der Waals surface area contributed by atoms with Gasteiger partial charge in [-0.25, -0.2) is 4.98 Å². The molecule has 11 aromatic rings. The number of benzene rings is 9. The van der Waals surface area contributed by atoms with E-state index in [0.29, 0.717) is 17.6 Å². The quantitative estimate of drug-likeness (QED) is 0.138. The summed E-state index contributed by atoms with van der Waals surface area (Å²) in [4.78, 5) is 20.0. The van der Waals surface area contributed by atoms with Gasteiger partial charge in [0.25, 0.3) is 0 Å². The largest absolute Gasteiger partial charge is 0.311 e. The van der Waals surface area contributed by atoms with Gasteiger partial charge in [-0.05, 0) is 84.4 Å². The van der Waals surface area contributed by atoms with Crippen molar-refractivity contribution in [2.24, 2.45) is 0 Å². The van der Waals surface area contributed by atoms with Crippen LogP contribution >= 0.6 is 0 Å². The predicted molar refractivity (Wildman–Crippen MR) is 260 cm³/mol. The third kappa shape index (κ3) is 7.15. The van der Waals surface area contributed by atoms with Crippen molar-refractivity contribution in [2.45, 2.75) is 0 Å². The van der Waals surface area contributed by atoms with E-state index < -0.39 is 0 Å². The number of para-hydroxylation sites is 5. The summed E-state index contributed by atoms with van der Waals surface area (Å²) in [5.74, 6) is 1.80. The monoisotopic (exact) mass is 808 g/mol. The van der Waals surface area contributed by atoms with Gasteiger partial charge >= 0.3 is 0 Å². The van der Waals surface area contributed by atoms with E-state index in [2.05, 4.69) is 196 Å². The van der Waals surface area contributed by atoms with E-state index in [1.54, 1.807) is 0 Å². The van der Waals surface area contributed by atoms with Crippen molar-refractivity contribution >= 4 is 55.9 Å². The average Bonchev–Trinajstić information content (AvgIpc) is 3.71. The first-order valence-corrected chi connectivity index (χ1v) is 21.1. The summed E-state index contributed by atoms with van der Waals surface area (Å²) < 4.78 is 2.21. The molecule has 2 aromatic heterocycles. The number of fused-ring (bicyclic) bond motifs is 3. The van der Waals surface area contributed by atoms with Gasteiger partial charge in [-0.2, -0.15) is 9.97 Å². The van der Waals surface area contributed by atoms with Gasteiger partial charge in [0.1, 0.15) is 0 Å². The summed E-state index contributed by atoms with van der Waals surface area (Å²) in [5, 5.41) is 2.26. The first-order chi connectivity index (χ1) is 31.3. The fourth-order valence-electron chi connectivity index (χ4n) is 8.52. The van der Waals surface area contributed by atoms with Crippen LogP contribution in [0.4, 0.5) is 34.1 Å². The maximum Gasteiger partial charge on any atom is 0.238 e. The summed E-state index contributed by atoms with van der Waals surface area (Å²) in [6.45, 7) is 0. The molecule has 0 aliphatic rings. The van der Waals surface area contributed by atoms with Gasteiger partial charge in [-0.15, -0.1) is 0 Å². The normalized spacial score (nSPS) is 11.2. The maximum atomic E-state index is 5.19. The van der Waals surface area contributed by atoms with Crippen molar-refractivity contribution < 1.29 is 0 Å². The first-order valence-electron chi connectivity index (χ1n) is 21.1. The first kappa shape index (κ1) is 37.4. The van der Waals surface area contributed by atoms with Gasteiger partial charge in [-0.1, -0.05) is 164 Å². The van der Waals surface area contributed by atoms with E-state index in [4.69, 9.17) is 15.0 Å². The topological polar surface area (TPSA) is 50.1 Å². The standard InChI is InChI=1S/C57H40N6/c1-6-19-42(20-7-1)55-58-56(43-21-8-2-9-22-43)60-57(59-55)63-53-32-17-16-29-51(53)52-31-18-30-50(54(52)63)41-33-35-47(36-34-41)62(46-27-14-5-15-28-46)49-39-37-48(38-40-49)61(44-23-10-3-11-24-44)45-25-12-4-13-26-45/h1-40H. The Balaban J connectivity index is 1.03. The van der Waals surface area contributed by atoms with Crippen LogP contribution in [-0.4, -0.2) is 19.5 Å². The summed E-state index contributed by atoms with van der Waals surface area (Å²) in [7, 11) is 0. The second-order valence-corrected chi connectivity index (χ2v) is 15.3.